The van der Waals surface area contributed by atoms with E-state index in [0.717, 1.165) is 0 Å². The van der Waals surface area contributed by atoms with Gasteiger partial charge in [0, 0.05) is 0 Å². The first-order valence-electron chi connectivity index (χ1n) is 5.65. The second kappa shape index (κ2) is 6.11. The SMILES string of the molecule is COC(=O)c1cc(OC)ccc1-c1cc(Cl)nc(Cl)c1. The average Bonchev–Trinajstić information content (AvgIpc) is 2.44. The normalized spacial score (nSPS) is 10.2. The highest BCUT2D eigenvalue weighted by Crippen LogP contribution is 2.30. The molecule has 0 N–H and O–H groups in total. The number of aromatic nitrogens is 1. The number of hydrogen-bond donors (Lipinski definition) is 0. The zero-order valence-corrected chi connectivity index (χ0v) is 12.3. The van der Waals surface area contributed by atoms with Crippen LogP contribution in [0.3, 0.4) is 0 Å². The number of hydrogen-bond acceptors (Lipinski definition) is 4. The van der Waals surface area contributed by atoms with Crippen molar-refractivity contribution in [1.82, 2.24) is 4.98 Å². The molecule has 0 aliphatic heterocycles. The van der Waals surface area contributed by atoms with E-state index in [0.29, 0.717) is 22.4 Å². The average molecular weight is 312 g/mol. The summed E-state index contributed by atoms with van der Waals surface area (Å²) in [4.78, 5) is 15.8. The molecule has 0 amide bonds. The molecule has 0 spiro atoms. The fourth-order valence-electron chi connectivity index (χ4n) is 1.80. The molecule has 2 rings (SSSR count). The van der Waals surface area contributed by atoms with Crippen LogP contribution in [0.25, 0.3) is 11.1 Å². The number of halogens is 2. The topological polar surface area (TPSA) is 48.4 Å². The summed E-state index contributed by atoms with van der Waals surface area (Å²) >= 11 is 11.8. The number of rotatable bonds is 3. The van der Waals surface area contributed by atoms with Crippen LogP contribution in [0, 0.1) is 0 Å². The number of methoxy groups -OCH3 is 2. The lowest BCUT2D eigenvalue weighted by molar-refractivity contribution is 0.0601. The quantitative estimate of drug-likeness (QED) is 0.638. The van der Waals surface area contributed by atoms with Crippen LogP contribution in [-0.4, -0.2) is 25.2 Å². The molecule has 0 fully saturated rings. The third-order valence-electron chi connectivity index (χ3n) is 2.71. The summed E-state index contributed by atoms with van der Waals surface area (Å²) < 4.78 is 9.90. The van der Waals surface area contributed by atoms with E-state index < -0.39 is 5.97 Å². The van der Waals surface area contributed by atoms with E-state index in [1.165, 1.54) is 14.2 Å². The van der Waals surface area contributed by atoms with E-state index in [9.17, 15) is 4.79 Å². The molecule has 6 heteroatoms. The van der Waals surface area contributed by atoms with Crippen LogP contribution < -0.4 is 4.74 Å². The van der Waals surface area contributed by atoms with Crippen LogP contribution in [0.15, 0.2) is 30.3 Å². The highest BCUT2D eigenvalue weighted by Gasteiger charge is 2.15. The molecule has 0 aliphatic carbocycles. The molecule has 0 atom stereocenters. The molecule has 2 aromatic rings. The first-order valence-corrected chi connectivity index (χ1v) is 6.40. The lowest BCUT2D eigenvalue weighted by atomic mass is 10.0. The van der Waals surface area contributed by atoms with E-state index >= 15 is 0 Å². The smallest absolute Gasteiger partial charge is 0.338 e. The lowest BCUT2D eigenvalue weighted by Crippen LogP contribution is -2.04. The molecule has 0 radical (unpaired) electrons. The Kier molecular flexibility index (Phi) is 4.47. The van der Waals surface area contributed by atoms with Gasteiger partial charge in [0.05, 0.1) is 19.8 Å². The minimum Gasteiger partial charge on any atom is -0.497 e. The maximum absolute atomic E-state index is 11.9. The summed E-state index contributed by atoms with van der Waals surface area (Å²) in [5.41, 5.74) is 1.69. The monoisotopic (exact) mass is 311 g/mol. The molecule has 20 heavy (non-hydrogen) atoms. The van der Waals surface area contributed by atoms with Crippen LogP contribution in [-0.2, 0) is 4.74 Å². The number of ether oxygens (including phenoxy) is 2. The number of benzene rings is 1. The molecular formula is C14H11Cl2NO3. The molecule has 0 saturated heterocycles. The number of nitrogens with zero attached hydrogens (tertiary/aromatic N) is 1. The summed E-state index contributed by atoms with van der Waals surface area (Å²) in [6.07, 6.45) is 0. The Hall–Kier alpha value is -1.78. The van der Waals surface area contributed by atoms with Gasteiger partial charge in [0.15, 0.2) is 0 Å². The summed E-state index contributed by atoms with van der Waals surface area (Å²) in [6.45, 7) is 0. The van der Waals surface area contributed by atoms with Crippen molar-refractivity contribution < 1.29 is 14.3 Å². The Morgan fingerprint density at radius 3 is 2.30 bits per heavy atom. The molecule has 1 aromatic heterocycles. The molecule has 4 nitrogen and oxygen atoms in total. The van der Waals surface area contributed by atoms with Crippen molar-refractivity contribution >= 4 is 29.2 Å². The van der Waals surface area contributed by atoms with E-state index in [1.807, 2.05) is 0 Å². The maximum atomic E-state index is 11.9. The van der Waals surface area contributed by atoms with Gasteiger partial charge in [-0.2, -0.15) is 0 Å². The fourth-order valence-corrected chi connectivity index (χ4v) is 2.26. The van der Waals surface area contributed by atoms with Crippen LogP contribution in [0.1, 0.15) is 10.4 Å². The Bertz CT molecular complexity index is 639. The van der Waals surface area contributed by atoms with Crippen molar-refractivity contribution in [3.8, 4) is 16.9 Å². The van der Waals surface area contributed by atoms with Gasteiger partial charge in [-0.25, -0.2) is 9.78 Å². The van der Waals surface area contributed by atoms with Crippen molar-refractivity contribution in [3.05, 3.63) is 46.2 Å². The first-order chi connectivity index (χ1) is 9.55. The van der Waals surface area contributed by atoms with Crippen LogP contribution in [0.4, 0.5) is 0 Å². The number of pyridine rings is 1. The van der Waals surface area contributed by atoms with Gasteiger partial charge in [-0.1, -0.05) is 23.2 Å². The molecular weight excluding hydrogens is 301 g/mol. The Morgan fingerprint density at radius 2 is 1.75 bits per heavy atom. The van der Waals surface area contributed by atoms with E-state index in [4.69, 9.17) is 32.7 Å². The van der Waals surface area contributed by atoms with Crippen LogP contribution >= 0.6 is 23.2 Å². The molecule has 0 unspecified atom stereocenters. The van der Waals surface area contributed by atoms with Gasteiger partial charge in [0.25, 0.3) is 0 Å². The molecule has 1 aromatic carbocycles. The Balaban J connectivity index is 2.63. The third kappa shape index (κ3) is 3.03. The van der Waals surface area contributed by atoms with E-state index in [-0.39, 0.29) is 10.3 Å². The van der Waals surface area contributed by atoms with Crippen LogP contribution in [0.5, 0.6) is 5.75 Å². The molecule has 104 valence electrons. The van der Waals surface area contributed by atoms with Gasteiger partial charge >= 0.3 is 5.97 Å². The van der Waals surface area contributed by atoms with Gasteiger partial charge < -0.3 is 9.47 Å². The third-order valence-corrected chi connectivity index (χ3v) is 3.09. The Morgan fingerprint density at radius 1 is 1.10 bits per heavy atom. The van der Waals surface area contributed by atoms with Gasteiger partial charge in [-0.05, 0) is 41.5 Å². The van der Waals surface area contributed by atoms with Gasteiger partial charge in [0.1, 0.15) is 16.1 Å². The van der Waals surface area contributed by atoms with Gasteiger partial charge in [-0.15, -0.1) is 0 Å². The standard InChI is InChI=1S/C14H11Cl2NO3/c1-19-9-3-4-10(11(7-9)14(18)20-2)8-5-12(15)17-13(16)6-8/h3-7H,1-2H3. The summed E-state index contributed by atoms with van der Waals surface area (Å²) in [6, 6.07) is 8.34. The predicted molar refractivity (Wildman–Crippen MR) is 77.6 cm³/mol. The van der Waals surface area contributed by atoms with Gasteiger partial charge in [0.2, 0.25) is 0 Å². The summed E-state index contributed by atoms with van der Waals surface area (Å²) in [7, 11) is 2.84. The van der Waals surface area contributed by atoms with Crippen molar-refractivity contribution in [3.63, 3.8) is 0 Å². The zero-order chi connectivity index (χ0) is 14.7. The zero-order valence-electron chi connectivity index (χ0n) is 10.8. The molecule has 0 bridgehead atoms. The van der Waals surface area contributed by atoms with Crippen molar-refractivity contribution in [2.24, 2.45) is 0 Å². The fraction of sp³-hybridized carbons (Fsp3) is 0.143. The summed E-state index contributed by atoms with van der Waals surface area (Å²) in [5.74, 6) is 0.0864. The largest absolute Gasteiger partial charge is 0.497 e. The number of carbonyl (C=O) groups is 1. The first kappa shape index (κ1) is 14.6. The van der Waals surface area contributed by atoms with Crippen LogP contribution in [0.2, 0.25) is 10.3 Å². The van der Waals surface area contributed by atoms with E-state index in [1.54, 1.807) is 30.3 Å². The number of carbonyl (C=O) groups excluding carboxylic acids is 1. The van der Waals surface area contributed by atoms with Crippen molar-refractivity contribution in [2.45, 2.75) is 0 Å². The lowest BCUT2D eigenvalue weighted by Gasteiger charge is -2.10. The second-order valence-electron chi connectivity index (χ2n) is 3.90. The minimum absolute atomic E-state index is 0.249. The highest BCUT2D eigenvalue weighted by atomic mass is 35.5. The van der Waals surface area contributed by atoms with Crippen molar-refractivity contribution in [1.29, 1.82) is 0 Å². The minimum atomic E-state index is -0.469. The number of esters is 1. The van der Waals surface area contributed by atoms with E-state index in [2.05, 4.69) is 4.98 Å². The predicted octanol–water partition coefficient (Wildman–Crippen LogP) is 3.85. The van der Waals surface area contributed by atoms with Crippen molar-refractivity contribution in [2.75, 3.05) is 14.2 Å². The molecule has 0 aliphatic rings. The van der Waals surface area contributed by atoms with Gasteiger partial charge in [-0.3, -0.25) is 0 Å². The highest BCUT2D eigenvalue weighted by molar-refractivity contribution is 6.32. The summed E-state index contributed by atoms with van der Waals surface area (Å²) in [5, 5.41) is 0.498. The molecule has 0 saturated carbocycles. The maximum Gasteiger partial charge on any atom is 0.338 e. The molecule has 1 heterocycles. The Labute approximate surface area is 126 Å². The second-order valence-corrected chi connectivity index (χ2v) is 4.68.